The van der Waals surface area contributed by atoms with Gasteiger partial charge in [0.15, 0.2) is 0 Å². The molecule has 1 aliphatic rings. The number of carbonyl (C=O) groups excluding carboxylic acids is 2. The minimum absolute atomic E-state index is 0.0351. The second kappa shape index (κ2) is 4.77. The predicted molar refractivity (Wildman–Crippen MR) is 75.7 cm³/mol. The fraction of sp³-hybridized carbons (Fsp3) is 0.133. The molecule has 2 amide bonds. The van der Waals surface area contributed by atoms with Crippen molar-refractivity contribution in [3.8, 4) is 0 Å². The predicted octanol–water partition coefficient (Wildman–Crippen LogP) is 1.85. The van der Waals surface area contributed by atoms with Gasteiger partial charge in [-0.15, -0.1) is 0 Å². The Morgan fingerprint density at radius 1 is 1.25 bits per heavy atom. The Bertz CT molecular complexity index is 683. The van der Waals surface area contributed by atoms with Crippen LogP contribution in [0.4, 0.5) is 11.4 Å². The zero-order valence-corrected chi connectivity index (χ0v) is 11.0. The van der Waals surface area contributed by atoms with E-state index in [1.807, 2.05) is 0 Å². The molecule has 5 heteroatoms. The summed E-state index contributed by atoms with van der Waals surface area (Å²) in [6.45, 7) is 0. The van der Waals surface area contributed by atoms with Gasteiger partial charge in [0.2, 0.25) is 5.91 Å². The van der Waals surface area contributed by atoms with Gasteiger partial charge in [0.1, 0.15) is 0 Å². The van der Waals surface area contributed by atoms with Crippen molar-refractivity contribution in [2.24, 2.45) is 0 Å². The van der Waals surface area contributed by atoms with E-state index in [1.165, 1.54) is 0 Å². The topological polar surface area (TPSA) is 62.3 Å². The molecule has 20 heavy (non-hydrogen) atoms. The first kappa shape index (κ1) is 12.3. The fourth-order valence-electron chi connectivity index (χ4n) is 2.24. The van der Waals surface area contributed by atoms with Crippen LogP contribution in [0.2, 0.25) is 0 Å². The van der Waals surface area contributed by atoms with E-state index in [1.54, 1.807) is 54.7 Å². The summed E-state index contributed by atoms with van der Waals surface area (Å²) in [5.41, 5.74) is 3.00. The van der Waals surface area contributed by atoms with Crippen LogP contribution < -0.4 is 10.2 Å². The first-order chi connectivity index (χ1) is 9.65. The molecule has 1 N–H and O–H groups in total. The van der Waals surface area contributed by atoms with Gasteiger partial charge in [0.25, 0.3) is 5.91 Å². The number of amides is 2. The number of rotatable bonds is 2. The summed E-state index contributed by atoms with van der Waals surface area (Å²) in [4.78, 5) is 29.2. The Kier molecular flexibility index (Phi) is 2.95. The molecule has 100 valence electrons. The lowest BCUT2D eigenvalue weighted by molar-refractivity contribution is -0.115. The molecule has 0 unspecified atom stereocenters. The third-order valence-corrected chi connectivity index (χ3v) is 3.33. The van der Waals surface area contributed by atoms with Crippen LogP contribution in [0.3, 0.4) is 0 Å². The number of pyridine rings is 1. The van der Waals surface area contributed by atoms with Gasteiger partial charge >= 0.3 is 0 Å². The van der Waals surface area contributed by atoms with Crippen molar-refractivity contribution in [1.82, 2.24) is 4.98 Å². The Labute approximate surface area is 116 Å². The molecule has 0 atom stereocenters. The summed E-state index contributed by atoms with van der Waals surface area (Å²) in [6.07, 6.45) is 3.62. The molecule has 1 aromatic heterocycles. The van der Waals surface area contributed by atoms with Crippen molar-refractivity contribution >= 4 is 23.2 Å². The SMILES string of the molecule is CN(C(=O)c1ccc2c(c1)CC(=O)N2)c1ccncc1. The quantitative estimate of drug-likeness (QED) is 0.903. The van der Waals surface area contributed by atoms with E-state index < -0.39 is 0 Å². The molecule has 1 aliphatic heterocycles. The summed E-state index contributed by atoms with van der Waals surface area (Å²) in [5, 5.41) is 2.75. The Hall–Kier alpha value is -2.69. The highest BCUT2D eigenvalue weighted by molar-refractivity contribution is 6.07. The molecule has 0 bridgehead atoms. The van der Waals surface area contributed by atoms with E-state index in [9.17, 15) is 9.59 Å². The van der Waals surface area contributed by atoms with E-state index in [0.29, 0.717) is 12.0 Å². The highest BCUT2D eigenvalue weighted by Gasteiger charge is 2.20. The monoisotopic (exact) mass is 267 g/mol. The zero-order valence-electron chi connectivity index (χ0n) is 11.0. The van der Waals surface area contributed by atoms with Crippen molar-refractivity contribution in [2.75, 3.05) is 17.3 Å². The molecule has 0 saturated heterocycles. The first-order valence-corrected chi connectivity index (χ1v) is 6.26. The van der Waals surface area contributed by atoms with E-state index in [4.69, 9.17) is 0 Å². The normalized spacial score (nSPS) is 12.8. The fourth-order valence-corrected chi connectivity index (χ4v) is 2.24. The standard InChI is InChI=1S/C15H13N3O2/c1-18(12-4-6-16-7-5-12)15(20)10-2-3-13-11(8-10)9-14(19)17-13/h2-8H,9H2,1H3,(H,17,19). The van der Waals surface area contributed by atoms with E-state index in [-0.39, 0.29) is 11.8 Å². The second-order valence-electron chi connectivity index (χ2n) is 4.67. The van der Waals surface area contributed by atoms with Crippen LogP contribution in [-0.2, 0) is 11.2 Å². The molecular weight excluding hydrogens is 254 g/mol. The van der Waals surface area contributed by atoms with Gasteiger partial charge in [-0.05, 0) is 35.9 Å². The molecule has 0 aliphatic carbocycles. The lowest BCUT2D eigenvalue weighted by atomic mass is 10.1. The van der Waals surface area contributed by atoms with Crippen LogP contribution in [0.15, 0.2) is 42.7 Å². The summed E-state index contributed by atoms with van der Waals surface area (Å²) in [6, 6.07) is 8.82. The van der Waals surface area contributed by atoms with Crippen LogP contribution in [0, 0.1) is 0 Å². The minimum atomic E-state index is -0.113. The van der Waals surface area contributed by atoms with Gasteiger partial charge in [-0.3, -0.25) is 14.6 Å². The van der Waals surface area contributed by atoms with Gasteiger partial charge in [0.05, 0.1) is 6.42 Å². The van der Waals surface area contributed by atoms with Crippen molar-refractivity contribution in [3.63, 3.8) is 0 Å². The summed E-state index contributed by atoms with van der Waals surface area (Å²) in [5.74, 6) is -0.148. The number of anilines is 2. The number of nitrogens with zero attached hydrogens (tertiary/aromatic N) is 2. The van der Waals surface area contributed by atoms with Crippen molar-refractivity contribution < 1.29 is 9.59 Å². The number of hydrogen-bond donors (Lipinski definition) is 1. The molecule has 5 nitrogen and oxygen atoms in total. The third-order valence-electron chi connectivity index (χ3n) is 3.33. The number of hydrogen-bond acceptors (Lipinski definition) is 3. The molecule has 0 fully saturated rings. The second-order valence-corrected chi connectivity index (χ2v) is 4.67. The van der Waals surface area contributed by atoms with E-state index in [2.05, 4.69) is 10.3 Å². The molecular formula is C15H13N3O2. The Balaban J connectivity index is 1.88. The zero-order chi connectivity index (χ0) is 14.1. The number of aromatic nitrogens is 1. The van der Waals surface area contributed by atoms with Crippen LogP contribution in [0.1, 0.15) is 15.9 Å². The van der Waals surface area contributed by atoms with Gasteiger partial charge < -0.3 is 10.2 Å². The summed E-state index contributed by atoms with van der Waals surface area (Å²) >= 11 is 0. The number of fused-ring (bicyclic) bond motifs is 1. The molecule has 2 heterocycles. The lowest BCUT2D eigenvalue weighted by Crippen LogP contribution is -2.26. The maximum absolute atomic E-state index is 12.4. The van der Waals surface area contributed by atoms with E-state index >= 15 is 0 Å². The molecule has 0 radical (unpaired) electrons. The van der Waals surface area contributed by atoms with Crippen molar-refractivity contribution in [1.29, 1.82) is 0 Å². The van der Waals surface area contributed by atoms with Crippen molar-refractivity contribution in [2.45, 2.75) is 6.42 Å². The molecule has 0 spiro atoms. The summed E-state index contributed by atoms with van der Waals surface area (Å²) in [7, 11) is 1.72. The van der Waals surface area contributed by atoms with Gasteiger partial charge in [-0.25, -0.2) is 0 Å². The average Bonchev–Trinajstić information content (AvgIpc) is 2.85. The Morgan fingerprint density at radius 2 is 2.00 bits per heavy atom. The lowest BCUT2D eigenvalue weighted by Gasteiger charge is -2.17. The van der Waals surface area contributed by atoms with E-state index in [0.717, 1.165) is 16.9 Å². The third kappa shape index (κ3) is 2.14. The highest BCUT2D eigenvalue weighted by Crippen LogP contribution is 2.25. The maximum Gasteiger partial charge on any atom is 0.258 e. The van der Waals surface area contributed by atoms with Crippen LogP contribution in [-0.4, -0.2) is 23.8 Å². The first-order valence-electron chi connectivity index (χ1n) is 6.26. The van der Waals surface area contributed by atoms with Crippen LogP contribution >= 0.6 is 0 Å². The summed E-state index contributed by atoms with van der Waals surface area (Å²) < 4.78 is 0. The van der Waals surface area contributed by atoms with Gasteiger partial charge in [-0.2, -0.15) is 0 Å². The minimum Gasteiger partial charge on any atom is -0.326 e. The van der Waals surface area contributed by atoms with Gasteiger partial charge in [0, 0.05) is 36.4 Å². The number of nitrogens with one attached hydrogen (secondary N) is 1. The molecule has 0 saturated carbocycles. The van der Waals surface area contributed by atoms with Crippen LogP contribution in [0.25, 0.3) is 0 Å². The molecule has 2 aromatic rings. The largest absolute Gasteiger partial charge is 0.326 e. The number of benzene rings is 1. The maximum atomic E-state index is 12.4. The Morgan fingerprint density at radius 3 is 2.75 bits per heavy atom. The van der Waals surface area contributed by atoms with Gasteiger partial charge in [-0.1, -0.05) is 0 Å². The highest BCUT2D eigenvalue weighted by atomic mass is 16.2. The van der Waals surface area contributed by atoms with Crippen molar-refractivity contribution in [3.05, 3.63) is 53.9 Å². The molecule has 1 aromatic carbocycles. The smallest absolute Gasteiger partial charge is 0.258 e. The molecule has 3 rings (SSSR count). The number of carbonyl (C=O) groups is 2. The average molecular weight is 267 g/mol. The van der Waals surface area contributed by atoms with Crippen LogP contribution in [0.5, 0.6) is 0 Å².